The lowest BCUT2D eigenvalue weighted by molar-refractivity contribution is -0.143. The quantitative estimate of drug-likeness (QED) is 0.304. The number of carboxylic acid groups (broad SMARTS) is 1. The molecule has 0 aromatic heterocycles. The van der Waals surface area contributed by atoms with Crippen LogP contribution in [0.1, 0.15) is 17.0 Å². The van der Waals surface area contributed by atoms with Gasteiger partial charge in [0.25, 0.3) is 0 Å². The number of carbonyl (C=O) groups is 2. The number of benzene rings is 2. The van der Waals surface area contributed by atoms with Crippen molar-refractivity contribution in [1.29, 1.82) is 5.41 Å². The van der Waals surface area contributed by atoms with E-state index in [1.165, 1.54) is 0 Å². The summed E-state index contributed by atoms with van der Waals surface area (Å²) in [5.74, 6) is -3.17. The second-order valence-corrected chi connectivity index (χ2v) is 5.14. The van der Waals surface area contributed by atoms with Gasteiger partial charge in [-0.05, 0) is 23.3 Å². The van der Waals surface area contributed by atoms with Crippen molar-refractivity contribution < 1.29 is 14.7 Å². The zero-order valence-corrected chi connectivity index (χ0v) is 14.0. The van der Waals surface area contributed by atoms with E-state index < -0.39 is 17.8 Å². The van der Waals surface area contributed by atoms with Crippen LogP contribution in [0.3, 0.4) is 0 Å². The van der Waals surface area contributed by atoms with Crippen LogP contribution in [-0.2, 0) is 16.1 Å². The highest BCUT2D eigenvalue weighted by molar-refractivity contribution is 6.02. The smallest absolute Gasteiger partial charge is 0.320 e. The van der Waals surface area contributed by atoms with Crippen LogP contribution < -0.4 is 16.4 Å². The lowest BCUT2D eigenvalue weighted by Crippen LogP contribution is -2.33. The van der Waals surface area contributed by atoms with E-state index in [1.807, 2.05) is 0 Å². The normalized spacial score (nSPS) is 10.9. The Morgan fingerprint density at radius 1 is 1.08 bits per heavy atom. The summed E-state index contributed by atoms with van der Waals surface area (Å²) in [6, 6.07) is 15.3. The monoisotopic (exact) mass is 362 g/mol. The molecule has 0 saturated heterocycles. The third-order valence-electron chi connectivity index (χ3n) is 3.34. The van der Waals surface area contributed by atoms with E-state index in [9.17, 15) is 14.7 Å². The molecule has 132 valence electrons. The number of amides is 1. The van der Waals surface area contributed by atoms with Gasteiger partial charge < -0.3 is 21.5 Å². The molecular formula is C17H19ClN4O3. The number of carboxylic acids is 1. The van der Waals surface area contributed by atoms with Crippen LogP contribution in [0.5, 0.6) is 0 Å². The molecule has 25 heavy (non-hydrogen) atoms. The molecule has 2 aromatic rings. The molecule has 0 heterocycles. The van der Waals surface area contributed by atoms with E-state index in [4.69, 9.17) is 11.1 Å². The van der Waals surface area contributed by atoms with Gasteiger partial charge in [-0.3, -0.25) is 15.0 Å². The van der Waals surface area contributed by atoms with Gasteiger partial charge >= 0.3 is 5.97 Å². The predicted molar refractivity (Wildman–Crippen MR) is 97.9 cm³/mol. The predicted octanol–water partition coefficient (Wildman–Crippen LogP) is 1.90. The fourth-order valence-corrected chi connectivity index (χ4v) is 2.20. The summed E-state index contributed by atoms with van der Waals surface area (Å²) in [5, 5.41) is 21.7. The van der Waals surface area contributed by atoms with Crippen LogP contribution in [0.15, 0.2) is 54.6 Å². The van der Waals surface area contributed by atoms with Crippen molar-refractivity contribution in [3.63, 3.8) is 0 Å². The van der Waals surface area contributed by atoms with Gasteiger partial charge in [-0.2, -0.15) is 0 Å². The number of nitrogens with one attached hydrogen (secondary N) is 3. The molecule has 0 spiro atoms. The van der Waals surface area contributed by atoms with Gasteiger partial charge in [-0.15, -0.1) is 12.4 Å². The van der Waals surface area contributed by atoms with Crippen molar-refractivity contribution in [2.45, 2.75) is 12.5 Å². The topological polar surface area (TPSA) is 128 Å². The highest BCUT2D eigenvalue weighted by atomic mass is 35.5. The highest BCUT2D eigenvalue weighted by Crippen LogP contribution is 2.16. The Morgan fingerprint density at radius 3 is 2.20 bits per heavy atom. The molecule has 0 bridgehead atoms. The number of aliphatic carboxylic acids is 1. The Morgan fingerprint density at radius 2 is 1.68 bits per heavy atom. The number of carbonyl (C=O) groups excluding carboxylic acids is 1. The maximum Gasteiger partial charge on any atom is 0.320 e. The number of rotatable bonds is 6. The lowest BCUT2D eigenvalue weighted by Gasteiger charge is -2.13. The largest absolute Gasteiger partial charge is 0.480 e. The summed E-state index contributed by atoms with van der Waals surface area (Å²) in [5.41, 5.74) is 7.13. The van der Waals surface area contributed by atoms with E-state index in [0.717, 1.165) is 5.56 Å². The molecule has 0 fully saturated rings. The molecule has 7 nitrogen and oxygen atoms in total. The number of hydrogen-bond donors (Lipinski definition) is 5. The maximum absolute atomic E-state index is 12.2. The van der Waals surface area contributed by atoms with Crippen LogP contribution in [0.25, 0.3) is 0 Å². The molecule has 0 aliphatic rings. The van der Waals surface area contributed by atoms with E-state index in [-0.39, 0.29) is 24.9 Å². The molecule has 8 heteroatoms. The minimum Gasteiger partial charge on any atom is -0.480 e. The van der Waals surface area contributed by atoms with Crippen molar-refractivity contribution in [3.8, 4) is 0 Å². The second-order valence-electron chi connectivity index (χ2n) is 5.14. The zero-order chi connectivity index (χ0) is 17.5. The minimum atomic E-state index is -1.25. The molecule has 0 aliphatic carbocycles. The number of guanidine groups is 1. The minimum absolute atomic E-state index is 0. The van der Waals surface area contributed by atoms with E-state index >= 15 is 0 Å². The molecule has 1 unspecified atom stereocenters. The summed E-state index contributed by atoms with van der Waals surface area (Å²) in [7, 11) is 0. The number of nitrogens with two attached hydrogens (primary N) is 1. The van der Waals surface area contributed by atoms with E-state index in [0.29, 0.717) is 11.3 Å². The highest BCUT2D eigenvalue weighted by Gasteiger charge is 2.27. The molecule has 2 aromatic carbocycles. The average Bonchev–Trinajstić information content (AvgIpc) is 2.54. The van der Waals surface area contributed by atoms with Crippen LogP contribution >= 0.6 is 12.4 Å². The number of anilines is 1. The van der Waals surface area contributed by atoms with Gasteiger partial charge in [0, 0.05) is 12.2 Å². The van der Waals surface area contributed by atoms with Gasteiger partial charge in [0.1, 0.15) is 0 Å². The first-order valence-corrected chi connectivity index (χ1v) is 7.23. The Labute approximate surface area is 151 Å². The number of hydrogen-bond acceptors (Lipinski definition) is 3. The molecule has 2 rings (SSSR count). The zero-order valence-electron chi connectivity index (χ0n) is 13.2. The van der Waals surface area contributed by atoms with Crippen LogP contribution in [0.4, 0.5) is 5.69 Å². The average molecular weight is 363 g/mol. The van der Waals surface area contributed by atoms with Crippen molar-refractivity contribution >= 4 is 35.9 Å². The van der Waals surface area contributed by atoms with Crippen molar-refractivity contribution in [1.82, 2.24) is 5.32 Å². The molecule has 0 saturated carbocycles. The molecule has 6 N–H and O–H groups in total. The van der Waals surface area contributed by atoms with Gasteiger partial charge in [0.05, 0.1) is 0 Å². The standard InChI is InChI=1S/C17H18N4O3.ClH/c18-17(19)21-13-8-6-11(7-9-13)10-20-15(22)14(16(23)24)12-4-2-1-3-5-12;/h1-9,14H,10H2,(H,20,22)(H,23,24)(H4,18,19,21);1H. The first-order chi connectivity index (χ1) is 11.5. The first-order valence-electron chi connectivity index (χ1n) is 7.23. The maximum atomic E-state index is 12.2. The van der Waals surface area contributed by atoms with Crippen molar-refractivity contribution in [3.05, 3.63) is 65.7 Å². The van der Waals surface area contributed by atoms with Gasteiger partial charge in [-0.25, -0.2) is 0 Å². The summed E-state index contributed by atoms with van der Waals surface area (Å²) < 4.78 is 0. The third-order valence-corrected chi connectivity index (χ3v) is 3.34. The fraction of sp³-hybridized carbons (Fsp3) is 0.118. The SMILES string of the molecule is Cl.N=C(N)Nc1ccc(CNC(=O)C(C(=O)O)c2ccccc2)cc1. The van der Waals surface area contributed by atoms with Crippen LogP contribution in [0.2, 0.25) is 0 Å². The summed E-state index contributed by atoms with van der Waals surface area (Å²) in [6.45, 7) is 0.204. The molecular weight excluding hydrogens is 344 g/mol. The van der Waals surface area contributed by atoms with Gasteiger partial charge in [0.2, 0.25) is 5.91 Å². The molecule has 1 atom stereocenters. The van der Waals surface area contributed by atoms with E-state index in [1.54, 1.807) is 54.6 Å². The molecule has 0 aliphatic heterocycles. The molecule has 1 amide bonds. The fourth-order valence-electron chi connectivity index (χ4n) is 2.20. The van der Waals surface area contributed by atoms with Gasteiger partial charge in [-0.1, -0.05) is 42.5 Å². The summed E-state index contributed by atoms with van der Waals surface area (Å²) in [4.78, 5) is 23.6. The van der Waals surface area contributed by atoms with Crippen LogP contribution in [0, 0.1) is 5.41 Å². The Kier molecular flexibility index (Phi) is 7.43. The van der Waals surface area contributed by atoms with Crippen LogP contribution in [-0.4, -0.2) is 22.9 Å². The van der Waals surface area contributed by atoms with Crippen molar-refractivity contribution in [2.75, 3.05) is 5.32 Å². The van der Waals surface area contributed by atoms with E-state index in [2.05, 4.69) is 10.6 Å². The summed E-state index contributed by atoms with van der Waals surface area (Å²) >= 11 is 0. The Balaban J connectivity index is 0.00000312. The third kappa shape index (κ3) is 5.82. The summed E-state index contributed by atoms with van der Waals surface area (Å²) in [6.07, 6.45) is 0. The van der Waals surface area contributed by atoms with Crippen molar-refractivity contribution in [2.24, 2.45) is 5.73 Å². The molecule has 0 radical (unpaired) electrons. The first kappa shape index (κ1) is 20.0. The second kappa shape index (κ2) is 9.29. The Hall–Kier alpha value is -3.06. The number of halogens is 1. The lowest BCUT2D eigenvalue weighted by atomic mass is 9.98. The Bertz CT molecular complexity index is 735. The van der Waals surface area contributed by atoms with Gasteiger partial charge in [0.15, 0.2) is 11.9 Å².